The average Bonchev–Trinajstić information content (AvgIpc) is 2.38. The lowest BCUT2D eigenvalue weighted by atomic mass is 10.2. The molecule has 1 fully saturated rings. The van der Waals surface area contributed by atoms with Gasteiger partial charge in [-0.1, -0.05) is 12.1 Å². The normalized spacial score (nSPS) is 19.6. The Morgan fingerprint density at radius 3 is 3.00 bits per heavy atom. The molecule has 1 aromatic carbocycles. The molecule has 0 radical (unpaired) electrons. The number of carbonyl (C=O) groups excluding carboxylic acids is 1. The van der Waals surface area contributed by atoms with E-state index in [2.05, 4.69) is 17.6 Å². The first-order valence-electron chi connectivity index (χ1n) is 6.55. The van der Waals surface area contributed by atoms with E-state index < -0.39 is 4.92 Å². The van der Waals surface area contributed by atoms with Crippen molar-refractivity contribution in [3.05, 3.63) is 34.4 Å². The Morgan fingerprint density at radius 1 is 1.55 bits per heavy atom. The summed E-state index contributed by atoms with van der Waals surface area (Å²) in [4.78, 5) is 24.4. The zero-order valence-electron chi connectivity index (χ0n) is 11.3. The zero-order chi connectivity index (χ0) is 14.5. The summed E-state index contributed by atoms with van der Waals surface area (Å²) in [6.07, 6.45) is 0. The zero-order valence-corrected chi connectivity index (χ0v) is 11.3. The van der Waals surface area contributed by atoms with Gasteiger partial charge in [-0.3, -0.25) is 19.8 Å². The monoisotopic (exact) mass is 278 g/mol. The van der Waals surface area contributed by atoms with E-state index in [9.17, 15) is 14.9 Å². The van der Waals surface area contributed by atoms with Crippen molar-refractivity contribution in [2.75, 3.05) is 31.5 Å². The number of para-hydroxylation sites is 2. The minimum absolute atomic E-state index is 0.0884. The molecule has 0 bridgehead atoms. The average molecular weight is 278 g/mol. The third-order valence-corrected chi connectivity index (χ3v) is 3.19. The Morgan fingerprint density at radius 2 is 2.30 bits per heavy atom. The maximum atomic E-state index is 12.0. The van der Waals surface area contributed by atoms with Crippen molar-refractivity contribution in [3.63, 3.8) is 0 Å². The molecular formula is C13H18N4O3. The van der Waals surface area contributed by atoms with Crippen molar-refractivity contribution in [2.45, 2.75) is 13.0 Å². The van der Waals surface area contributed by atoms with Crippen LogP contribution in [0.3, 0.4) is 0 Å². The van der Waals surface area contributed by atoms with Gasteiger partial charge in [0, 0.05) is 31.7 Å². The molecule has 0 saturated carbocycles. The Hall–Kier alpha value is -1.99. The number of amides is 1. The highest BCUT2D eigenvalue weighted by Gasteiger charge is 2.20. The van der Waals surface area contributed by atoms with Crippen molar-refractivity contribution >= 4 is 17.3 Å². The van der Waals surface area contributed by atoms with Gasteiger partial charge in [0.2, 0.25) is 5.91 Å². The van der Waals surface area contributed by atoms with Crippen LogP contribution in [0.4, 0.5) is 11.4 Å². The van der Waals surface area contributed by atoms with E-state index in [0.717, 1.165) is 19.6 Å². The van der Waals surface area contributed by atoms with Crippen molar-refractivity contribution < 1.29 is 9.72 Å². The molecule has 2 rings (SSSR count). The molecule has 1 amide bonds. The lowest BCUT2D eigenvalue weighted by Gasteiger charge is -2.31. The molecule has 0 aromatic heterocycles. The summed E-state index contributed by atoms with van der Waals surface area (Å²) in [6.45, 7) is 4.75. The number of nitrogens with zero attached hydrogens (tertiary/aromatic N) is 2. The molecule has 1 heterocycles. The van der Waals surface area contributed by atoms with Crippen molar-refractivity contribution in [2.24, 2.45) is 0 Å². The molecule has 20 heavy (non-hydrogen) atoms. The van der Waals surface area contributed by atoms with Crippen molar-refractivity contribution in [1.82, 2.24) is 10.2 Å². The van der Waals surface area contributed by atoms with Crippen LogP contribution in [0.25, 0.3) is 0 Å². The minimum Gasteiger partial charge on any atom is -0.319 e. The van der Waals surface area contributed by atoms with Crippen LogP contribution in [-0.2, 0) is 4.79 Å². The lowest BCUT2D eigenvalue weighted by Crippen LogP contribution is -2.51. The van der Waals surface area contributed by atoms with Gasteiger partial charge in [0.25, 0.3) is 5.69 Å². The summed E-state index contributed by atoms with van der Waals surface area (Å²) in [5.41, 5.74) is 0.153. The summed E-state index contributed by atoms with van der Waals surface area (Å²) in [5, 5.41) is 16.8. The predicted molar refractivity (Wildman–Crippen MR) is 75.6 cm³/mol. The van der Waals surface area contributed by atoms with Crippen LogP contribution in [-0.4, -0.2) is 48.0 Å². The van der Waals surface area contributed by atoms with Gasteiger partial charge in [0.15, 0.2) is 0 Å². The molecule has 1 aliphatic rings. The summed E-state index contributed by atoms with van der Waals surface area (Å²) in [5.74, 6) is -0.228. The molecule has 0 aliphatic carbocycles. The maximum absolute atomic E-state index is 12.0. The fraction of sp³-hybridized carbons (Fsp3) is 0.462. The van der Waals surface area contributed by atoms with Gasteiger partial charge in [-0.05, 0) is 13.0 Å². The number of anilines is 1. The van der Waals surface area contributed by atoms with Gasteiger partial charge in [-0.15, -0.1) is 0 Å². The molecular weight excluding hydrogens is 260 g/mol. The summed E-state index contributed by atoms with van der Waals surface area (Å²) >= 11 is 0. The van der Waals surface area contributed by atoms with Gasteiger partial charge in [0.05, 0.1) is 11.5 Å². The minimum atomic E-state index is -0.498. The van der Waals surface area contributed by atoms with Gasteiger partial charge < -0.3 is 10.6 Å². The maximum Gasteiger partial charge on any atom is 0.292 e. The third-order valence-electron chi connectivity index (χ3n) is 3.19. The Bertz CT molecular complexity index is 506. The number of hydrogen-bond donors (Lipinski definition) is 2. The fourth-order valence-corrected chi connectivity index (χ4v) is 2.29. The second kappa shape index (κ2) is 6.44. The number of rotatable bonds is 4. The first-order chi connectivity index (χ1) is 9.56. The van der Waals surface area contributed by atoms with E-state index in [1.807, 2.05) is 4.90 Å². The molecule has 108 valence electrons. The van der Waals surface area contributed by atoms with Crippen molar-refractivity contribution in [3.8, 4) is 0 Å². The number of hydrogen-bond acceptors (Lipinski definition) is 5. The van der Waals surface area contributed by atoms with Gasteiger partial charge >= 0.3 is 0 Å². The van der Waals surface area contributed by atoms with Crippen LogP contribution < -0.4 is 10.6 Å². The lowest BCUT2D eigenvalue weighted by molar-refractivity contribution is -0.383. The second-order valence-electron chi connectivity index (χ2n) is 4.91. The standard InChI is InChI=1S/C13H18N4O3/c1-10-8-16(7-6-14-10)9-13(18)15-11-4-2-3-5-12(11)17(19)20/h2-5,10,14H,6-9H2,1H3,(H,15,18). The summed E-state index contributed by atoms with van der Waals surface area (Å²) in [6, 6.07) is 6.50. The summed E-state index contributed by atoms with van der Waals surface area (Å²) in [7, 11) is 0. The van der Waals surface area contributed by atoms with Crippen LogP contribution >= 0.6 is 0 Å². The molecule has 1 saturated heterocycles. The first-order valence-corrected chi connectivity index (χ1v) is 6.55. The topological polar surface area (TPSA) is 87.5 Å². The van der Waals surface area contributed by atoms with Crippen LogP contribution in [0.2, 0.25) is 0 Å². The quantitative estimate of drug-likeness (QED) is 0.629. The number of nitrogens with one attached hydrogen (secondary N) is 2. The summed E-state index contributed by atoms with van der Waals surface area (Å²) < 4.78 is 0. The Kier molecular flexibility index (Phi) is 4.65. The number of nitro groups is 1. The van der Waals surface area contributed by atoms with Crippen LogP contribution in [0, 0.1) is 10.1 Å². The van der Waals surface area contributed by atoms with E-state index in [1.165, 1.54) is 12.1 Å². The Balaban J connectivity index is 1.96. The molecule has 1 aliphatic heterocycles. The van der Waals surface area contributed by atoms with Gasteiger partial charge in [-0.25, -0.2) is 0 Å². The predicted octanol–water partition coefficient (Wildman–Crippen LogP) is 0.827. The molecule has 1 unspecified atom stereocenters. The van der Waals surface area contributed by atoms with E-state index >= 15 is 0 Å². The highest BCUT2D eigenvalue weighted by atomic mass is 16.6. The fourth-order valence-electron chi connectivity index (χ4n) is 2.29. The largest absolute Gasteiger partial charge is 0.319 e. The molecule has 0 spiro atoms. The number of nitro benzene ring substituents is 1. The molecule has 2 N–H and O–H groups in total. The second-order valence-corrected chi connectivity index (χ2v) is 4.91. The van der Waals surface area contributed by atoms with Gasteiger partial charge in [0.1, 0.15) is 5.69 Å². The van der Waals surface area contributed by atoms with E-state index in [-0.39, 0.29) is 23.8 Å². The SMILES string of the molecule is CC1CN(CC(=O)Nc2ccccc2[N+](=O)[O-])CCN1. The molecule has 7 heteroatoms. The number of carbonyl (C=O) groups is 1. The van der Waals surface area contributed by atoms with Crippen LogP contribution in [0.5, 0.6) is 0 Å². The van der Waals surface area contributed by atoms with Gasteiger partial charge in [-0.2, -0.15) is 0 Å². The molecule has 1 atom stereocenters. The van der Waals surface area contributed by atoms with Crippen molar-refractivity contribution in [1.29, 1.82) is 0 Å². The van der Waals surface area contributed by atoms with Crippen LogP contribution in [0.15, 0.2) is 24.3 Å². The smallest absolute Gasteiger partial charge is 0.292 e. The highest BCUT2D eigenvalue weighted by Crippen LogP contribution is 2.22. The first kappa shape index (κ1) is 14.4. The van der Waals surface area contributed by atoms with E-state index in [4.69, 9.17) is 0 Å². The molecule has 1 aromatic rings. The molecule has 7 nitrogen and oxygen atoms in total. The third kappa shape index (κ3) is 3.75. The van der Waals surface area contributed by atoms with E-state index in [1.54, 1.807) is 12.1 Å². The number of benzene rings is 1. The number of piperazine rings is 1. The highest BCUT2D eigenvalue weighted by molar-refractivity contribution is 5.94. The Labute approximate surface area is 117 Å². The van der Waals surface area contributed by atoms with E-state index in [0.29, 0.717) is 6.04 Å². The van der Waals surface area contributed by atoms with Crippen LogP contribution in [0.1, 0.15) is 6.92 Å².